The van der Waals surface area contributed by atoms with Gasteiger partial charge in [0.25, 0.3) is 0 Å². The minimum absolute atomic E-state index is 0.487. The molecule has 1 aliphatic carbocycles. The first-order chi connectivity index (χ1) is 8.08. The van der Waals surface area contributed by atoms with Gasteiger partial charge in [0.2, 0.25) is 0 Å². The molecule has 0 spiro atoms. The lowest BCUT2D eigenvalue weighted by atomic mass is 10.1. The molecule has 17 heavy (non-hydrogen) atoms. The Kier molecular flexibility index (Phi) is 3.72. The van der Waals surface area contributed by atoms with Crippen LogP contribution in [-0.4, -0.2) is 19.0 Å². The van der Waals surface area contributed by atoms with E-state index in [-0.39, 0.29) is 0 Å². The number of aliphatic imine (C=N–C) groups is 1. The van der Waals surface area contributed by atoms with Crippen molar-refractivity contribution in [3.63, 3.8) is 0 Å². The van der Waals surface area contributed by atoms with Crippen molar-refractivity contribution in [1.29, 1.82) is 0 Å². The highest BCUT2D eigenvalue weighted by Gasteiger charge is 2.44. The van der Waals surface area contributed by atoms with Crippen molar-refractivity contribution in [2.24, 2.45) is 22.1 Å². The molecule has 1 aliphatic rings. The van der Waals surface area contributed by atoms with Gasteiger partial charge in [0.05, 0.1) is 0 Å². The maximum atomic E-state index is 5.82. The van der Waals surface area contributed by atoms with Crippen LogP contribution in [0.1, 0.15) is 25.1 Å². The third-order valence-electron chi connectivity index (χ3n) is 3.46. The molecule has 1 fully saturated rings. The molecule has 0 radical (unpaired) electrons. The van der Waals surface area contributed by atoms with Crippen LogP contribution < -0.4 is 11.1 Å². The van der Waals surface area contributed by atoms with Gasteiger partial charge in [-0.25, -0.2) is 0 Å². The Balaban J connectivity index is 1.63. The molecule has 0 amide bonds. The Morgan fingerprint density at radius 2 is 2.41 bits per heavy atom. The van der Waals surface area contributed by atoms with Gasteiger partial charge in [-0.3, -0.25) is 4.99 Å². The van der Waals surface area contributed by atoms with Crippen molar-refractivity contribution in [2.45, 2.75) is 26.7 Å². The second-order valence-electron chi connectivity index (χ2n) is 5.37. The van der Waals surface area contributed by atoms with Gasteiger partial charge < -0.3 is 11.1 Å². The topological polar surface area (TPSA) is 50.4 Å². The average Bonchev–Trinajstić information content (AvgIpc) is 2.67. The molecule has 0 aromatic carbocycles. The van der Waals surface area contributed by atoms with E-state index in [1.54, 1.807) is 11.3 Å². The van der Waals surface area contributed by atoms with Crippen LogP contribution in [0.5, 0.6) is 0 Å². The fraction of sp³-hybridized carbons (Fsp3) is 0.615. The molecular weight excluding hydrogens is 230 g/mol. The number of thiophene rings is 1. The summed E-state index contributed by atoms with van der Waals surface area (Å²) in [6.07, 6.45) is 2.29. The predicted molar refractivity (Wildman–Crippen MR) is 74.4 cm³/mol. The Morgan fingerprint density at radius 1 is 1.65 bits per heavy atom. The van der Waals surface area contributed by atoms with Gasteiger partial charge in [-0.15, -0.1) is 11.3 Å². The lowest BCUT2D eigenvalue weighted by Crippen LogP contribution is -2.33. The zero-order valence-corrected chi connectivity index (χ0v) is 11.4. The summed E-state index contributed by atoms with van der Waals surface area (Å²) < 4.78 is 0. The summed E-state index contributed by atoms with van der Waals surface area (Å²) in [5, 5.41) is 5.26. The molecule has 1 atom stereocenters. The SMILES string of the molecule is CC1(C)CC1CN=C(N)NCCc1cccs1. The van der Waals surface area contributed by atoms with E-state index in [2.05, 4.69) is 41.7 Å². The van der Waals surface area contributed by atoms with E-state index in [0.29, 0.717) is 11.4 Å². The summed E-state index contributed by atoms with van der Waals surface area (Å²) in [7, 11) is 0. The average molecular weight is 251 g/mol. The molecule has 1 heterocycles. The number of rotatable bonds is 5. The molecule has 4 heteroatoms. The summed E-state index contributed by atoms with van der Waals surface area (Å²) in [6.45, 7) is 6.30. The summed E-state index contributed by atoms with van der Waals surface area (Å²) in [4.78, 5) is 5.77. The second-order valence-corrected chi connectivity index (χ2v) is 6.40. The van der Waals surface area contributed by atoms with Crippen LogP contribution in [0.15, 0.2) is 22.5 Å². The zero-order valence-electron chi connectivity index (χ0n) is 10.6. The summed E-state index contributed by atoms with van der Waals surface area (Å²) in [5.41, 5.74) is 6.31. The van der Waals surface area contributed by atoms with Crippen molar-refractivity contribution >= 4 is 17.3 Å². The summed E-state index contributed by atoms with van der Waals surface area (Å²) in [6, 6.07) is 4.22. The van der Waals surface area contributed by atoms with Crippen LogP contribution >= 0.6 is 11.3 Å². The van der Waals surface area contributed by atoms with Gasteiger partial charge in [0.15, 0.2) is 5.96 Å². The Morgan fingerprint density at radius 3 is 3.00 bits per heavy atom. The molecule has 0 aliphatic heterocycles. The summed E-state index contributed by atoms with van der Waals surface area (Å²) in [5.74, 6) is 1.31. The van der Waals surface area contributed by atoms with E-state index in [1.807, 2.05) is 0 Å². The standard InChI is InChI=1S/C13H21N3S/c1-13(2)8-10(13)9-16-12(14)15-6-5-11-4-3-7-17-11/h3-4,7,10H,5-6,8-9H2,1-2H3,(H3,14,15,16). The van der Waals surface area contributed by atoms with E-state index in [4.69, 9.17) is 5.73 Å². The minimum Gasteiger partial charge on any atom is -0.370 e. The van der Waals surface area contributed by atoms with E-state index in [1.165, 1.54) is 11.3 Å². The van der Waals surface area contributed by atoms with Gasteiger partial charge in [-0.1, -0.05) is 19.9 Å². The molecule has 1 saturated carbocycles. The molecule has 3 nitrogen and oxygen atoms in total. The van der Waals surface area contributed by atoms with Crippen molar-refractivity contribution < 1.29 is 0 Å². The molecule has 1 aromatic rings. The Bertz CT molecular complexity index is 381. The number of guanidine groups is 1. The molecule has 0 saturated heterocycles. The zero-order chi connectivity index (χ0) is 12.3. The molecule has 2 rings (SSSR count). The smallest absolute Gasteiger partial charge is 0.188 e. The minimum atomic E-state index is 0.487. The quantitative estimate of drug-likeness (QED) is 0.623. The molecule has 1 unspecified atom stereocenters. The van der Waals surface area contributed by atoms with E-state index in [0.717, 1.165) is 25.4 Å². The normalized spacial score (nSPS) is 22.5. The van der Waals surface area contributed by atoms with Crippen LogP contribution in [0.4, 0.5) is 0 Å². The van der Waals surface area contributed by atoms with E-state index < -0.39 is 0 Å². The van der Waals surface area contributed by atoms with Crippen molar-refractivity contribution in [3.8, 4) is 0 Å². The largest absolute Gasteiger partial charge is 0.370 e. The summed E-state index contributed by atoms with van der Waals surface area (Å²) >= 11 is 1.78. The fourth-order valence-electron chi connectivity index (χ4n) is 1.92. The Labute approximate surface area is 107 Å². The van der Waals surface area contributed by atoms with Crippen molar-refractivity contribution in [2.75, 3.05) is 13.1 Å². The Hall–Kier alpha value is -1.03. The molecule has 1 aromatic heterocycles. The number of hydrogen-bond acceptors (Lipinski definition) is 2. The third-order valence-corrected chi connectivity index (χ3v) is 4.39. The van der Waals surface area contributed by atoms with E-state index >= 15 is 0 Å². The van der Waals surface area contributed by atoms with Gasteiger partial charge in [-0.05, 0) is 35.6 Å². The van der Waals surface area contributed by atoms with Gasteiger partial charge in [0, 0.05) is 18.0 Å². The highest BCUT2D eigenvalue weighted by atomic mass is 32.1. The molecular formula is C13H21N3S. The van der Waals surface area contributed by atoms with Gasteiger partial charge in [0.1, 0.15) is 0 Å². The monoisotopic (exact) mass is 251 g/mol. The number of nitrogens with zero attached hydrogens (tertiary/aromatic N) is 1. The van der Waals surface area contributed by atoms with Crippen molar-refractivity contribution in [1.82, 2.24) is 5.32 Å². The van der Waals surface area contributed by atoms with Crippen LogP contribution in [-0.2, 0) is 6.42 Å². The van der Waals surface area contributed by atoms with E-state index in [9.17, 15) is 0 Å². The first-order valence-electron chi connectivity index (χ1n) is 6.14. The first kappa shape index (κ1) is 12.4. The van der Waals surface area contributed by atoms with Crippen LogP contribution in [0, 0.1) is 11.3 Å². The van der Waals surface area contributed by atoms with Crippen LogP contribution in [0.3, 0.4) is 0 Å². The molecule has 94 valence electrons. The fourth-order valence-corrected chi connectivity index (χ4v) is 2.63. The second kappa shape index (κ2) is 5.08. The predicted octanol–water partition coefficient (Wildman–Crippen LogP) is 2.24. The highest BCUT2D eigenvalue weighted by molar-refractivity contribution is 7.09. The third kappa shape index (κ3) is 3.73. The number of nitrogens with one attached hydrogen (secondary N) is 1. The van der Waals surface area contributed by atoms with Crippen LogP contribution in [0.25, 0.3) is 0 Å². The highest BCUT2D eigenvalue weighted by Crippen LogP contribution is 2.51. The van der Waals surface area contributed by atoms with Crippen LogP contribution in [0.2, 0.25) is 0 Å². The number of hydrogen-bond donors (Lipinski definition) is 2. The number of nitrogens with two attached hydrogens (primary N) is 1. The molecule has 3 N–H and O–H groups in total. The maximum absolute atomic E-state index is 5.82. The van der Waals surface area contributed by atoms with Gasteiger partial charge in [-0.2, -0.15) is 0 Å². The lowest BCUT2D eigenvalue weighted by Gasteiger charge is -2.05. The van der Waals surface area contributed by atoms with Gasteiger partial charge >= 0.3 is 0 Å². The maximum Gasteiger partial charge on any atom is 0.188 e. The van der Waals surface area contributed by atoms with Crippen molar-refractivity contribution in [3.05, 3.63) is 22.4 Å². The first-order valence-corrected chi connectivity index (χ1v) is 7.02. The molecule has 0 bridgehead atoms. The lowest BCUT2D eigenvalue weighted by molar-refractivity contribution is 0.565.